The molecule has 0 bridgehead atoms. The Balaban J connectivity index is 2.24. The van der Waals surface area contributed by atoms with Gasteiger partial charge in [-0.25, -0.2) is 4.79 Å². The predicted octanol–water partition coefficient (Wildman–Crippen LogP) is 4.19. The van der Waals surface area contributed by atoms with E-state index in [0.29, 0.717) is 17.5 Å². The lowest BCUT2D eigenvalue weighted by Gasteiger charge is -2.20. The molecule has 23 heavy (non-hydrogen) atoms. The number of hydrogen-bond acceptors (Lipinski definition) is 4. The molecule has 0 spiro atoms. The highest BCUT2D eigenvalue weighted by Gasteiger charge is 2.23. The zero-order valence-corrected chi connectivity index (χ0v) is 13.5. The van der Waals surface area contributed by atoms with Crippen LogP contribution in [0.3, 0.4) is 0 Å². The van der Waals surface area contributed by atoms with Crippen LogP contribution in [0.1, 0.15) is 53.5 Å². The van der Waals surface area contributed by atoms with E-state index in [2.05, 4.69) is 0 Å². The van der Waals surface area contributed by atoms with Gasteiger partial charge >= 0.3 is 5.97 Å². The van der Waals surface area contributed by atoms with Crippen LogP contribution in [0.2, 0.25) is 0 Å². The number of rotatable bonds is 6. The normalized spacial score (nSPS) is 11.1. The minimum atomic E-state index is -0.675. The Bertz CT molecular complexity index is 690. The molecule has 0 aromatic heterocycles. The van der Waals surface area contributed by atoms with E-state index < -0.39 is 11.6 Å². The molecule has 4 nitrogen and oxygen atoms in total. The van der Waals surface area contributed by atoms with Crippen molar-refractivity contribution in [3.05, 3.63) is 71.3 Å². The van der Waals surface area contributed by atoms with E-state index in [0.717, 1.165) is 0 Å². The van der Waals surface area contributed by atoms with E-state index >= 15 is 0 Å². The zero-order chi connectivity index (χ0) is 16.9. The Morgan fingerprint density at radius 2 is 1.48 bits per heavy atom. The Labute approximate surface area is 136 Å². The van der Waals surface area contributed by atoms with Crippen LogP contribution >= 0.6 is 0 Å². The topological polar surface area (TPSA) is 52.6 Å². The number of carbonyl (C=O) groups excluding carboxylic acids is 2. The molecule has 0 heterocycles. The molecular weight excluding hydrogens is 292 g/mol. The fraction of sp³-hybridized carbons (Fsp3) is 0.263. The maximum absolute atomic E-state index is 12.6. The molecule has 0 atom stereocenters. The highest BCUT2D eigenvalue weighted by molar-refractivity contribution is 6.14. The number of hydrogen-bond donors (Lipinski definition) is 0. The third-order valence-electron chi connectivity index (χ3n) is 3.62. The van der Waals surface area contributed by atoms with Crippen LogP contribution < -0.4 is 0 Å². The lowest BCUT2D eigenvalue weighted by atomic mass is 9.98. The molecule has 2 aromatic carbocycles. The molecular formula is C19H20O4. The zero-order valence-electron chi connectivity index (χ0n) is 13.5. The summed E-state index contributed by atoms with van der Waals surface area (Å²) in [5.74, 6) is -0.903. The van der Waals surface area contributed by atoms with Gasteiger partial charge in [0.2, 0.25) is 0 Å². The molecule has 0 saturated heterocycles. The Hall–Kier alpha value is -2.46. The smallest absolute Gasteiger partial charge is 0.292 e. The van der Waals surface area contributed by atoms with E-state index in [9.17, 15) is 9.59 Å². The summed E-state index contributed by atoms with van der Waals surface area (Å²) < 4.78 is 0. The van der Waals surface area contributed by atoms with Gasteiger partial charge in [0, 0.05) is 11.1 Å². The molecule has 0 saturated carbocycles. The van der Waals surface area contributed by atoms with Crippen LogP contribution in [0.25, 0.3) is 0 Å². The van der Waals surface area contributed by atoms with Crippen LogP contribution in [0.5, 0.6) is 0 Å². The Kier molecular flexibility index (Phi) is 5.29. The summed E-state index contributed by atoms with van der Waals surface area (Å²) in [7, 11) is 0. The van der Waals surface area contributed by atoms with Crippen molar-refractivity contribution in [1.82, 2.24) is 0 Å². The van der Waals surface area contributed by atoms with E-state index in [-0.39, 0.29) is 11.3 Å². The van der Waals surface area contributed by atoms with E-state index in [1.807, 2.05) is 26.8 Å². The summed E-state index contributed by atoms with van der Waals surface area (Å²) in [4.78, 5) is 34.9. The van der Waals surface area contributed by atoms with E-state index in [1.165, 1.54) is 0 Å². The molecule has 2 rings (SSSR count). The first-order chi connectivity index (χ1) is 10.9. The molecule has 4 heteroatoms. The molecule has 0 fully saturated rings. The minimum absolute atomic E-state index is 0.188. The largest absolute Gasteiger partial charge is 0.373 e. The van der Waals surface area contributed by atoms with Gasteiger partial charge in [-0.15, -0.1) is 0 Å². The third kappa shape index (κ3) is 4.27. The monoisotopic (exact) mass is 312 g/mol. The van der Waals surface area contributed by atoms with Crippen molar-refractivity contribution < 1.29 is 19.4 Å². The van der Waals surface area contributed by atoms with Gasteiger partial charge in [-0.3, -0.25) is 9.68 Å². The van der Waals surface area contributed by atoms with Gasteiger partial charge in [-0.2, -0.15) is 4.89 Å². The average molecular weight is 312 g/mol. The molecule has 0 amide bonds. The van der Waals surface area contributed by atoms with Crippen molar-refractivity contribution in [3.63, 3.8) is 0 Å². The fourth-order valence-corrected chi connectivity index (χ4v) is 1.86. The molecule has 0 aliphatic heterocycles. The van der Waals surface area contributed by atoms with E-state index in [4.69, 9.17) is 9.78 Å². The lowest BCUT2D eigenvalue weighted by Crippen LogP contribution is -2.25. The molecule has 2 aromatic rings. The lowest BCUT2D eigenvalue weighted by molar-refractivity contribution is -0.307. The highest BCUT2D eigenvalue weighted by atomic mass is 17.2. The van der Waals surface area contributed by atoms with Crippen LogP contribution in [0.4, 0.5) is 0 Å². The maximum atomic E-state index is 12.6. The third-order valence-corrected chi connectivity index (χ3v) is 3.62. The average Bonchev–Trinajstić information content (AvgIpc) is 2.60. The molecule has 0 N–H and O–H groups in total. The molecule has 0 aliphatic rings. The first-order valence-corrected chi connectivity index (χ1v) is 7.53. The maximum Gasteiger partial charge on any atom is 0.373 e. The number of benzene rings is 2. The van der Waals surface area contributed by atoms with Gasteiger partial charge in [0.15, 0.2) is 5.78 Å². The second-order valence-electron chi connectivity index (χ2n) is 5.81. The van der Waals surface area contributed by atoms with Gasteiger partial charge < -0.3 is 0 Å². The summed E-state index contributed by atoms with van der Waals surface area (Å²) in [6.07, 6.45) is 0.685. The van der Waals surface area contributed by atoms with Gasteiger partial charge in [0.25, 0.3) is 0 Å². The second-order valence-corrected chi connectivity index (χ2v) is 5.81. The minimum Gasteiger partial charge on any atom is -0.292 e. The van der Waals surface area contributed by atoms with Crippen molar-refractivity contribution in [2.45, 2.75) is 32.8 Å². The van der Waals surface area contributed by atoms with Gasteiger partial charge in [0.05, 0.1) is 5.56 Å². The van der Waals surface area contributed by atoms with Crippen molar-refractivity contribution in [3.8, 4) is 0 Å². The Morgan fingerprint density at radius 1 is 0.913 bits per heavy atom. The highest BCUT2D eigenvalue weighted by Crippen LogP contribution is 2.19. The quantitative estimate of drug-likeness (QED) is 0.456. The number of carbonyl (C=O) groups is 2. The SMILES string of the molecule is CCC(C)(C)OOC(=O)c1ccccc1C(=O)c1ccccc1. The fourth-order valence-electron chi connectivity index (χ4n) is 1.86. The standard InChI is InChI=1S/C19H20O4/c1-4-19(2,3)23-22-18(21)16-13-9-8-12-15(16)17(20)14-10-6-5-7-11-14/h5-13H,4H2,1-3H3. The molecule has 0 aliphatic carbocycles. The van der Waals surface area contributed by atoms with Crippen LogP contribution in [0, 0.1) is 0 Å². The summed E-state index contributed by atoms with van der Waals surface area (Å²) in [5, 5.41) is 0. The van der Waals surface area contributed by atoms with Crippen molar-refractivity contribution in [2.75, 3.05) is 0 Å². The summed E-state index contributed by atoms with van der Waals surface area (Å²) in [6, 6.07) is 15.4. The first-order valence-electron chi connectivity index (χ1n) is 7.53. The first kappa shape index (κ1) is 16.9. The van der Waals surface area contributed by atoms with Gasteiger partial charge in [-0.05, 0) is 26.3 Å². The number of ketones is 1. The van der Waals surface area contributed by atoms with Crippen molar-refractivity contribution in [1.29, 1.82) is 0 Å². The Morgan fingerprint density at radius 3 is 2.09 bits per heavy atom. The second kappa shape index (κ2) is 7.20. The summed E-state index contributed by atoms with van der Waals surface area (Å²) in [5.41, 5.74) is 0.422. The molecule has 120 valence electrons. The van der Waals surface area contributed by atoms with Crippen molar-refractivity contribution >= 4 is 11.8 Å². The van der Waals surface area contributed by atoms with Gasteiger partial charge in [-0.1, -0.05) is 55.5 Å². The predicted molar refractivity (Wildman–Crippen MR) is 87.2 cm³/mol. The van der Waals surface area contributed by atoms with Crippen LogP contribution in [0.15, 0.2) is 54.6 Å². The van der Waals surface area contributed by atoms with Gasteiger partial charge in [0.1, 0.15) is 5.60 Å². The van der Waals surface area contributed by atoms with E-state index in [1.54, 1.807) is 48.5 Å². The van der Waals surface area contributed by atoms with Crippen LogP contribution in [-0.2, 0) is 9.78 Å². The summed E-state index contributed by atoms with van der Waals surface area (Å²) in [6.45, 7) is 5.57. The molecule has 0 radical (unpaired) electrons. The van der Waals surface area contributed by atoms with Crippen molar-refractivity contribution in [2.24, 2.45) is 0 Å². The van der Waals surface area contributed by atoms with Crippen LogP contribution in [-0.4, -0.2) is 17.4 Å². The summed E-state index contributed by atoms with van der Waals surface area (Å²) >= 11 is 0. The molecule has 0 unspecified atom stereocenters.